The molecule has 148 valence electrons. The number of piperidine rings is 1. The van der Waals surface area contributed by atoms with E-state index in [1.54, 1.807) is 4.68 Å². The van der Waals surface area contributed by atoms with Gasteiger partial charge in [0.2, 0.25) is 11.9 Å². The topological polar surface area (TPSA) is 81.1 Å². The highest BCUT2D eigenvalue weighted by Gasteiger charge is 2.22. The van der Waals surface area contributed by atoms with E-state index in [1.807, 2.05) is 44.3 Å². The fraction of sp³-hybridized carbons (Fsp3) is 0.526. The van der Waals surface area contributed by atoms with Crippen LogP contribution in [0.1, 0.15) is 37.9 Å². The van der Waals surface area contributed by atoms with Crippen LogP contribution in [0.25, 0.3) is 0 Å². The Bertz CT molecular complexity index is 716. The van der Waals surface area contributed by atoms with Gasteiger partial charge in [0, 0.05) is 18.9 Å². The van der Waals surface area contributed by atoms with Crippen molar-refractivity contribution in [2.75, 3.05) is 25.0 Å². The lowest BCUT2D eigenvalue weighted by atomic mass is 9.98. The summed E-state index contributed by atoms with van der Waals surface area (Å²) < 4.78 is 7.32. The molecule has 27 heavy (non-hydrogen) atoms. The minimum Gasteiger partial charge on any atom is -0.494 e. The predicted molar refractivity (Wildman–Crippen MR) is 107 cm³/mol. The first-order valence-corrected chi connectivity index (χ1v) is 9.24. The highest BCUT2D eigenvalue weighted by Crippen LogP contribution is 2.23. The molecule has 1 atom stereocenters. The normalized spacial score (nSPS) is 15.6. The van der Waals surface area contributed by atoms with Crippen molar-refractivity contribution >= 4 is 24.3 Å². The lowest BCUT2D eigenvalue weighted by Crippen LogP contribution is -2.27. The first kappa shape index (κ1) is 21.2. The number of amides is 1. The molecule has 1 saturated heterocycles. The molecule has 1 aromatic carbocycles. The predicted octanol–water partition coefficient (Wildman–Crippen LogP) is 2.75. The van der Waals surface area contributed by atoms with Crippen LogP contribution in [0.4, 0.5) is 5.95 Å². The van der Waals surface area contributed by atoms with Crippen LogP contribution in [0.5, 0.6) is 5.75 Å². The second kappa shape index (κ2) is 10.3. The first-order valence-electron chi connectivity index (χ1n) is 9.24. The van der Waals surface area contributed by atoms with Crippen LogP contribution in [0, 0.1) is 5.92 Å². The number of nitrogens with zero attached hydrogens (tertiary/aromatic N) is 3. The molecule has 1 unspecified atom stereocenters. The SMILES string of the molecule is CC(CCOc1ccccc1)C(=O)Nc1nc(C2CCNCC2)nn1C.Cl. The summed E-state index contributed by atoms with van der Waals surface area (Å²) >= 11 is 0. The number of carbonyl (C=O) groups is 1. The number of benzene rings is 1. The van der Waals surface area contributed by atoms with E-state index in [-0.39, 0.29) is 24.2 Å². The minimum absolute atomic E-state index is 0. The summed E-state index contributed by atoms with van der Waals surface area (Å²) in [7, 11) is 1.82. The number of hydrogen-bond acceptors (Lipinski definition) is 5. The third kappa shape index (κ3) is 5.94. The third-order valence-corrected chi connectivity index (χ3v) is 4.73. The van der Waals surface area contributed by atoms with E-state index in [1.165, 1.54) is 0 Å². The molecule has 3 rings (SSSR count). The molecule has 0 aliphatic carbocycles. The van der Waals surface area contributed by atoms with Crippen LogP contribution < -0.4 is 15.4 Å². The van der Waals surface area contributed by atoms with Gasteiger partial charge < -0.3 is 10.1 Å². The van der Waals surface area contributed by atoms with Crippen LogP contribution in [0.15, 0.2) is 30.3 Å². The van der Waals surface area contributed by atoms with Crippen molar-refractivity contribution in [3.8, 4) is 5.75 Å². The number of aromatic nitrogens is 3. The van der Waals surface area contributed by atoms with Crippen LogP contribution in [-0.2, 0) is 11.8 Å². The molecular weight excluding hydrogens is 366 g/mol. The second-order valence-corrected chi connectivity index (χ2v) is 6.78. The molecule has 0 saturated carbocycles. The summed E-state index contributed by atoms with van der Waals surface area (Å²) in [5.41, 5.74) is 0. The molecule has 0 bridgehead atoms. The molecule has 1 aromatic heterocycles. The van der Waals surface area contributed by atoms with Gasteiger partial charge in [0.05, 0.1) is 6.61 Å². The fourth-order valence-corrected chi connectivity index (χ4v) is 3.00. The molecule has 7 nitrogen and oxygen atoms in total. The summed E-state index contributed by atoms with van der Waals surface area (Å²) in [5, 5.41) is 10.7. The zero-order chi connectivity index (χ0) is 18.4. The molecule has 2 aromatic rings. The van der Waals surface area contributed by atoms with E-state index < -0.39 is 0 Å². The number of nitrogens with one attached hydrogen (secondary N) is 2. The summed E-state index contributed by atoms with van der Waals surface area (Å²) in [6, 6.07) is 9.63. The number of ether oxygens (including phenoxy) is 1. The molecule has 1 aliphatic heterocycles. The maximum absolute atomic E-state index is 12.4. The van der Waals surface area contributed by atoms with Crippen molar-refractivity contribution in [3.63, 3.8) is 0 Å². The molecule has 0 spiro atoms. The van der Waals surface area contributed by atoms with E-state index in [2.05, 4.69) is 20.7 Å². The van der Waals surface area contributed by atoms with Crippen LogP contribution in [0.3, 0.4) is 0 Å². The Morgan fingerprint density at radius 2 is 2.04 bits per heavy atom. The van der Waals surface area contributed by atoms with Crippen molar-refractivity contribution in [1.29, 1.82) is 0 Å². The minimum atomic E-state index is -0.169. The molecule has 2 N–H and O–H groups in total. The Balaban J connectivity index is 0.00000261. The number of hydrogen-bond donors (Lipinski definition) is 2. The van der Waals surface area contributed by atoms with Gasteiger partial charge in [0.15, 0.2) is 5.82 Å². The standard InChI is InChI=1S/C19H27N5O2.ClH/c1-14(10-13-26-16-6-4-3-5-7-16)18(25)22-19-21-17(23-24(19)2)15-8-11-20-12-9-15;/h3-7,14-15,20H,8-13H2,1-2H3,(H,21,22,23,25);1H. The van der Waals surface area contributed by atoms with Gasteiger partial charge in [-0.05, 0) is 44.5 Å². The third-order valence-electron chi connectivity index (χ3n) is 4.73. The summed E-state index contributed by atoms with van der Waals surface area (Å²) in [6.45, 7) is 4.37. The lowest BCUT2D eigenvalue weighted by Gasteiger charge is -2.19. The van der Waals surface area contributed by atoms with Gasteiger partial charge in [-0.15, -0.1) is 12.4 Å². The fourth-order valence-electron chi connectivity index (χ4n) is 3.00. The maximum Gasteiger partial charge on any atom is 0.229 e. The van der Waals surface area contributed by atoms with Gasteiger partial charge in [-0.1, -0.05) is 25.1 Å². The van der Waals surface area contributed by atoms with Gasteiger partial charge in [-0.2, -0.15) is 10.1 Å². The molecule has 1 fully saturated rings. The van der Waals surface area contributed by atoms with Crippen LogP contribution in [0.2, 0.25) is 0 Å². The summed E-state index contributed by atoms with van der Waals surface area (Å²) in [5.74, 6) is 2.29. The van der Waals surface area contributed by atoms with Crippen molar-refractivity contribution in [2.45, 2.75) is 32.1 Å². The monoisotopic (exact) mass is 393 g/mol. The quantitative estimate of drug-likeness (QED) is 0.755. The molecule has 1 aliphatic rings. The number of carbonyl (C=O) groups excluding carboxylic acids is 1. The summed E-state index contributed by atoms with van der Waals surface area (Å²) in [4.78, 5) is 17.0. The zero-order valence-electron chi connectivity index (χ0n) is 15.9. The lowest BCUT2D eigenvalue weighted by molar-refractivity contribution is -0.119. The number of anilines is 1. The zero-order valence-corrected chi connectivity index (χ0v) is 16.7. The van der Waals surface area contributed by atoms with E-state index in [0.717, 1.165) is 37.5 Å². The number of halogens is 1. The molecule has 2 heterocycles. The highest BCUT2D eigenvalue weighted by atomic mass is 35.5. The maximum atomic E-state index is 12.4. The van der Waals surface area contributed by atoms with E-state index in [9.17, 15) is 4.79 Å². The molecule has 8 heteroatoms. The van der Waals surface area contributed by atoms with Crippen LogP contribution >= 0.6 is 12.4 Å². The van der Waals surface area contributed by atoms with E-state index in [4.69, 9.17) is 4.74 Å². The van der Waals surface area contributed by atoms with Gasteiger partial charge in [-0.25, -0.2) is 4.68 Å². The van der Waals surface area contributed by atoms with Gasteiger partial charge in [-0.3, -0.25) is 10.1 Å². The van der Waals surface area contributed by atoms with Gasteiger partial charge in [0.1, 0.15) is 5.75 Å². The van der Waals surface area contributed by atoms with Gasteiger partial charge >= 0.3 is 0 Å². The van der Waals surface area contributed by atoms with Crippen molar-refractivity contribution < 1.29 is 9.53 Å². The number of aryl methyl sites for hydroxylation is 1. The largest absolute Gasteiger partial charge is 0.494 e. The Kier molecular flexibility index (Phi) is 8.06. The Hall–Kier alpha value is -2.12. The first-order chi connectivity index (χ1) is 12.6. The number of para-hydroxylation sites is 1. The summed E-state index contributed by atoms with van der Waals surface area (Å²) in [6.07, 6.45) is 2.70. The smallest absolute Gasteiger partial charge is 0.229 e. The molecule has 1 amide bonds. The number of rotatable bonds is 7. The van der Waals surface area contributed by atoms with E-state index >= 15 is 0 Å². The molecular formula is C19H28ClN5O2. The van der Waals surface area contributed by atoms with E-state index in [0.29, 0.717) is 24.9 Å². The highest BCUT2D eigenvalue weighted by molar-refractivity contribution is 5.90. The van der Waals surface area contributed by atoms with Gasteiger partial charge in [0.25, 0.3) is 0 Å². The Morgan fingerprint density at radius 1 is 1.33 bits per heavy atom. The van der Waals surface area contributed by atoms with Crippen molar-refractivity contribution in [2.24, 2.45) is 13.0 Å². The Labute approximate surface area is 166 Å². The average molecular weight is 394 g/mol. The van der Waals surface area contributed by atoms with Crippen molar-refractivity contribution in [1.82, 2.24) is 20.1 Å². The van der Waals surface area contributed by atoms with Crippen molar-refractivity contribution in [3.05, 3.63) is 36.2 Å². The van der Waals surface area contributed by atoms with Crippen LogP contribution in [-0.4, -0.2) is 40.4 Å². The average Bonchev–Trinajstić information content (AvgIpc) is 3.03. The molecule has 0 radical (unpaired) electrons. The Morgan fingerprint density at radius 3 is 2.74 bits per heavy atom. The second-order valence-electron chi connectivity index (χ2n) is 6.78.